The summed E-state index contributed by atoms with van der Waals surface area (Å²) in [5.41, 5.74) is 1.21. The Labute approximate surface area is 124 Å². The number of rotatable bonds is 6. The lowest BCUT2D eigenvalue weighted by Gasteiger charge is -2.36. The van der Waals surface area contributed by atoms with E-state index in [1.165, 1.54) is 5.56 Å². The largest absolute Gasteiger partial charge is 0.497 e. The second-order valence-electron chi connectivity index (χ2n) is 4.93. The van der Waals surface area contributed by atoms with E-state index in [4.69, 9.17) is 9.57 Å². The minimum Gasteiger partial charge on any atom is -0.497 e. The Morgan fingerprint density at radius 3 is 2.40 bits per heavy atom. The highest BCUT2D eigenvalue weighted by molar-refractivity contribution is 8.00. The Bertz CT molecular complexity index is 427. The molecule has 0 amide bonds. The van der Waals surface area contributed by atoms with Gasteiger partial charge in [0.1, 0.15) is 12.0 Å². The van der Waals surface area contributed by atoms with Crippen molar-refractivity contribution in [2.45, 2.75) is 23.3 Å². The molecule has 0 spiro atoms. The Morgan fingerprint density at radius 1 is 1.25 bits per heavy atom. The van der Waals surface area contributed by atoms with Gasteiger partial charge in [-0.25, -0.2) is 0 Å². The number of hydrogen-bond acceptors (Lipinski definition) is 5. The lowest BCUT2D eigenvalue weighted by atomic mass is 9.98. The van der Waals surface area contributed by atoms with Crippen molar-refractivity contribution in [2.24, 2.45) is 0 Å². The molecule has 5 heteroatoms. The van der Waals surface area contributed by atoms with Gasteiger partial charge in [-0.15, -0.1) is 11.8 Å². The first-order valence-electron chi connectivity index (χ1n) is 6.73. The van der Waals surface area contributed by atoms with Crippen LogP contribution in [0.1, 0.15) is 18.4 Å². The lowest BCUT2D eigenvalue weighted by molar-refractivity contribution is -0.147. The highest BCUT2D eigenvalue weighted by Crippen LogP contribution is 2.36. The predicted octanol–water partition coefficient (Wildman–Crippen LogP) is 2.52. The number of hydroxylamine groups is 2. The molecule has 1 aromatic rings. The van der Waals surface area contributed by atoms with Crippen molar-refractivity contribution in [1.29, 1.82) is 0 Å². The molecule has 0 saturated carbocycles. The van der Waals surface area contributed by atoms with Crippen molar-refractivity contribution in [1.82, 2.24) is 5.06 Å². The zero-order valence-electron chi connectivity index (χ0n) is 12.0. The fourth-order valence-electron chi connectivity index (χ4n) is 2.29. The van der Waals surface area contributed by atoms with Crippen LogP contribution in [0.2, 0.25) is 0 Å². The average molecular weight is 295 g/mol. The predicted molar refractivity (Wildman–Crippen MR) is 80.9 cm³/mol. The van der Waals surface area contributed by atoms with E-state index >= 15 is 0 Å². The molecule has 1 aromatic carbocycles. The molecule has 1 aliphatic heterocycles. The number of nitrogens with zero attached hydrogens (tertiary/aromatic N) is 1. The van der Waals surface area contributed by atoms with Crippen LogP contribution in [0.4, 0.5) is 0 Å². The molecule has 0 atom stereocenters. The summed E-state index contributed by atoms with van der Waals surface area (Å²) >= 11 is 1.73. The van der Waals surface area contributed by atoms with E-state index in [0.29, 0.717) is 0 Å². The molecule has 20 heavy (non-hydrogen) atoms. The Balaban J connectivity index is 1.91. The maximum absolute atomic E-state index is 11.5. The van der Waals surface area contributed by atoms with Gasteiger partial charge in [0.15, 0.2) is 0 Å². The molecule has 0 radical (unpaired) electrons. The molecule has 0 bridgehead atoms. The van der Waals surface area contributed by atoms with Gasteiger partial charge in [0.2, 0.25) is 0 Å². The summed E-state index contributed by atoms with van der Waals surface area (Å²) in [5, 5.41) is 1.91. The maximum Gasteiger partial charge on any atom is 0.136 e. The summed E-state index contributed by atoms with van der Waals surface area (Å²) < 4.78 is 4.88. The SMILES string of the molecule is COc1ccc(CSC2(C=O)CCN(OC)CC2)cc1. The van der Waals surface area contributed by atoms with Crippen LogP contribution in [-0.4, -0.2) is 43.4 Å². The molecule has 0 N–H and O–H groups in total. The topological polar surface area (TPSA) is 38.8 Å². The lowest BCUT2D eigenvalue weighted by Crippen LogP contribution is -2.42. The minimum absolute atomic E-state index is 0.269. The van der Waals surface area contributed by atoms with Crippen LogP contribution in [0.15, 0.2) is 24.3 Å². The van der Waals surface area contributed by atoms with E-state index < -0.39 is 0 Å². The van der Waals surface area contributed by atoms with E-state index in [-0.39, 0.29) is 4.75 Å². The zero-order valence-corrected chi connectivity index (χ0v) is 12.8. The molecular formula is C15H21NO3S. The number of carbonyl (C=O) groups is 1. The van der Waals surface area contributed by atoms with Crippen LogP contribution < -0.4 is 4.74 Å². The molecule has 0 unspecified atom stereocenters. The molecule has 1 aliphatic rings. The van der Waals surface area contributed by atoms with Crippen molar-refractivity contribution in [2.75, 3.05) is 27.3 Å². The smallest absolute Gasteiger partial charge is 0.136 e. The highest BCUT2D eigenvalue weighted by atomic mass is 32.2. The van der Waals surface area contributed by atoms with Crippen LogP contribution in [0.5, 0.6) is 5.75 Å². The summed E-state index contributed by atoms with van der Waals surface area (Å²) in [6, 6.07) is 8.01. The molecule has 2 rings (SSSR count). The number of ether oxygens (including phenoxy) is 1. The third-order valence-electron chi connectivity index (χ3n) is 3.73. The van der Waals surface area contributed by atoms with Gasteiger partial charge in [0.25, 0.3) is 0 Å². The van der Waals surface area contributed by atoms with Crippen LogP contribution in [0, 0.1) is 0 Å². The third-order valence-corrected chi connectivity index (χ3v) is 5.28. The van der Waals surface area contributed by atoms with Crippen molar-refractivity contribution in [3.63, 3.8) is 0 Å². The fraction of sp³-hybridized carbons (Fsp3) is 0.533. The van der Waals surface area contributed by atoms with Gasteiger partial charge >= 0.3 is 0 Å². The number of benzene rings is 1. The summed E-state index contributed by atoms with van der Waals surface area (Å²) in [4.78, 5) is 16.7. The van der Waals surface area contributed by atoms with Crippen LogP contribution >= 0.6 is 11.8 Å². The van der Waals surface area contributed by atoms with Crippen LogP contribution in [-0.2, 0) is 15.4 Å². The monoisotopic (exact) mass is 295 g/mol. The quantitative estimate of drug-likeness (QED) is 0.754. The molecule has 0 aliphatic carbocycles. The molecule has 1 saturated heterocycles. The van der Waals surface area contributed by atoms with E-state index in [9.17, 15) is 4.79 Å². The van der Waals surface area contributed by atoms with Gasteiger partial charge in [-0.3, -0.25) is 0 Å². The van der Waals surface area contributed by atoms with Gasteiger partial charge in [0.05, 0.1) is 19.0 Å². The summed E-state index contributed by atoms with van der Waals surface area (Å²) in [6.45, 7) is 1.62. The highest BCUT2D eigenvalue weighted by Gasteiger charge is 2.35. The summed E-state index contributed by atoms with van der Waals surface area (Å²) in [5.74, 6) is 1.70. The zero-order chi connectivity index (χ0) is 14.4. The van der Waals surface area contributed by atoms with Crippen molar-refractivity contribution >= 4 is 18.0 Å². The second kappa shape index (κ2) is 7.11. The summed E-state index contributed by atoms with van der Waals surface area (Å²) in [6.07, 6.45) is 2.80. The number of aldehydes is 1. The number of thioether (sulfide) groups is 1. The van der Waals surface area contributed by atoms with Crippen molar-refractivity contribution in [3.05, 3.63) is 29.8 Å². The van der Waals surface area contributed by atoms with Crippen molar-refractivity contribution in [3.8, 4) is 5.75 Å². The molecule has 1 heterocycles. The van der Waals surface area contributed by atoms with Gasteiger partial charge in [0, 0.05) is 18.8 Å². The first-order chi connectivity index (χ1) is 9.71. The van der Waals surface area contributed by atoms with Crippen LogP contribution in [0.3, 0.4) is 0 Å². The average Bonchev–Trinajstić information content (AvgIpc) is 2.54. The van der Waals surface area contributed by atoms with Gasteiger partial charge in [-0.2, -0.15) is 5.06 Å². The van der Waals surface area contributed by atoms with E-state index in [1.807, 2.05) is 17.2 Å². The molecule has 4 nitrogen and oxygen atoms in total. The van der Waals surface area contributed by atoms with Gasteiger partial charge in [-0.1, -0.05) is 12.1 Å². The molecule has 110 valence electrons. The van der Waals surface area contributed by atoms with Crippen LogP contribution in [0.25, 0.3) is 0 Å². The summed E-state index contributed by atoms with van der Waals surface area (Å²) in [7, 11) is 3.34. The molecule has 0 aromatic heterocycles. The Hall–Kier alpha value is -1.04. The fourth-order valence-corrected chi connectivity index (χ4v) is 3.48. The van der Waals surface area contributed by atoms with Gasteiger partial charge in [-0.05, 0) is 30.5 Å². The van der Waals surface area contributed by atoms with Crippen molar-refractivity contribution < 1.29 is 14.4 Å². The first kappa shape index (κ1) is 15.4. The minimum atomic E-state index is -0.269. The Kier molecular flexibility index (Phi) is 5.46. The maximum atomic E-state index is 11.5. The van der Waals surface area contributed by atoms with E-state index in [1.54, 1.807) is 26.0 Å². The number of hydrogen-bond donors (Lipinski definition) is 0. The first-order valence-corrected chi connectivity index (χ1v) is 7.72. The number of carbonyl (C=O) groups excluding carboxylic acids is 1. The molecular weight excluding hydrogens is 274 g/mol. The normalized spacial score (nSPS) is 18.7. The number of piperidine rings is 1. The van der Waals surface area contributed by atoms with E-state index in [2.05, 4.69) is 12.1 Å². The van der Waals surface area contributed by atoms with E-state index in [0.717, 1.165) is 43.7 Å². The standard InChI is InChI=1S/C15H21NO3S/c1-18-14-5-3-13(4-6-14)11-20-15(12-17)7-9-16(19-2)10-8-15/h3-6,12H,7-11H2,1-2H3. The Morgan fingerprint density at radius 2 is 1.90 bits per heavy atom. The second-order valence-corrected chi connectivity index (χ2v) is 6.32. The number of methoxy groups -OCH3 is 1. The molecule has 1 fully saturated rings. The van der Waals surface area contributed by atoms with Gasteiger partial charge < -0.3 is 14.4 Å². The third kappa shape index (κ3) is 3.75.